The Labute approximate surface area is 121 Å². The van der Waals surface area contributed by atoms with Crippen LogP contribution in [0.3, 0.4) is 0 Å². The van der Waals surface area contributed by atoms with Crippen molar-refractivity contribution in [3.63, 3.8) is 0 Å². The summed E-state index contributed by atoms with van der Waals surface area (Å²) in [5.74, 6) is 2.10. The van der Waals surface area contributed by atoms with Crippen LogP contribution in [-0.4, -0.2) is 30.9 Å². The van der Waals surface area contributed by atoms with Crippen molar-refractivity contribution in [3.8, 4) is 5.75 Å². The second kappa shape index (κ2) is 6.15. The topological polar surface area (TPSA) is 41.5 Å². The summed E-state index contributed by atoms with van der Waals surface area (Å²) in [6.07, 6.45) is 6.12. The Morgan fingerprint density at radius 1 is 1.20 bits per heavy atom. The van der Waals surface area contributed by atoms with Gasteiger partial charge in [-0.3, -0.25) is 0 Å². The third-order valence-electron chi connectivity index (χ3n) is 5.07. The van der Waals surface area contributed by atoms with Gasteiger partial charge in [0.05, 0.1) is 7.11 Å². The number of rotatable bonds is 5. The van der Waals surface area contributed by atoms with Gasteiger partial charge in [-0.1, -0.05) is 18.6 Å². The molecule has 2 fully saturated rings. The first-order valence-electron chi connectivity index (χ1n) is 7.81. The highest BCUT2D eigenvalue weighted by molar-refractivity contribution is 5.31. The summed E-state index contributed by atoms with van der Waals surface area (Å²) in [5, 5.41) is 13.1. The first-order chi connectivity index (χ1) is 9.80. The van der Waals surface area contributed by atoms with Gasteiger partial charge in [0.2, 0.25) is 0 Å². The van der Waals surface area contributed by atoms with Crippen molar-refractivity contribution >= 4 is 0 Å². The zero-order chi connectivity index (χ0) is 13.9. The van der Waals surface area contributed by atoms with Crippen molar-refractivity contribution in [2.45, 2.75) is 50.1 Å². The molecule has 0 radical (unpaired) electrons. The fourth-order valence-electron chi connectivity index (χ4n) is 3.68. The van der Waals surface area contributed by atoms with Gasteiger partial charge in [-0.2, -0.15) is 0 Å². The van der Waals surface area contributed by atoms with E-state index in [0.29, 0.717) is 30.5 Å². The average molecular weight is 275 g/mol. The number of aliphatic hydroxyl groups excluding tert-OH is 1. The Kier molecular flexibility index (Phi) is 4.27. The lowest BCUT2D eigenvalue weighted by atomic mass is 9.75. The van der Waals surface area contributed by atoms with Crippen LogP contribution in [0.2, 0.25) is 0 Å². The molecular formula is C17H25NO2. The molecular weight excluding hydrogens is 250 g/mol. The van der Waals surface area contributed by atoms with Crippen molar-refractivity contribution in [3.05, 3.63) is 29.8 Å². The van der Waals surface area contributed by atoms with Crippen LogP contribution in [-0.2, 0) is 0 Å². The van der Waals surface area contributed by atoms with E-state index in [-0.39, 0.29) is 0 Å². The Hall–Kier alpha value is -1.06. The van der Waals surface area contributed by atoms with Gasteiger partial charge in [-0.05, 0) is 55.2 Å². The summed E-state index contributed by atoms with van der Waals surface area (Å²) in [6, 6.07) is 9.66. The second-order valence-corrected chi connectivity index (χ2v) is 6.29. The first kappa shape index (κ1) is 13.9. The Morgan fingerprint density at radius 3 is 2.60 bits per heavy atom. The van der Waals surface area contributed by atoms with Crippen molar-refractivity contribution in [1.82, 2.24) is 5.32 Å². The maximum absolute atomic E-state index is 9.37. The van der Waals surface area contributed by atoms with Gasteiger partial charge < -0.3 is 15.2 Å². The predicted molar refractivity (Wildman–Crippen MR) is 80.1 cm³/mol. The maximum atomic E-state index is 9.37. The summed E-state index contributed by atoms with van der Waals surface area (Å²) < 4.78 is 5.20. The minimum absolute atomic E-state index is 0.340. The highest BCUT2D eigenvalue weighted by atomic mass is 16.5. The van der Waals surface area contributed by atoms with Gasteiger partial charge in [-0.25, -0.2) is 0 Å². The number of nitrogens with one attached hydrogen (secondary N) is 1. The first-order valence-corrected chi connectivity index (χ1v) is 7.81. The van der Waals surface area contributed by atoms with Crippen molar-refractivity contribution in [2.75, 3.05) is 13.7 Å². The van der Waals surface area contributed by atoms with Crippen LogP contribution in [0.1, 0.15) is 43.6 Å². The molecule has 110 valence electrons. The molecule has 2 aliphatic carbocycles. The minimum atomic E-state index is 0.340. The standard InChI is InChI=1S/C17H25NO2/c1-20-16-7-5-12(6-8-16)14-9-15(10-14)18-17-4-2-3-13(17)11-19/h5-8,13-15,17-19H,2-4,9-11H2,1H3. The fraction of sp³-hybridized carbons (Fsp3) is 0.647. The van der Waals surface area contributed by atoms with Gasteiger partial charge in [-0.15, -0.1) is 0 Å². The van der Waals surface area contributed by atoms with Crippen LogP contribution in [0.15, 0.2) is 24.3 Å². The van der Waals surface area contributed by atoms with E-state index < -0.39 is 0 Å². The van der Waals surface area contributed by atoms with E-state index in [1.807, 2.05) is 0 Å². The lowest BCUT2D eigenvalue weighted by Gasteiger charge is -2.39. The number of hydrogen-bond acceptors (Lipinski definition) is 3. The number of aliphatic hydroxyl groups is 1. The second-order valence-electron chi connectivity index (χ2n) is 6.29. The maximum Gasteiger partial charge on any atom is 0.118 e. The van der Waals surface area contributed by atoms with Crippen LogP contribution in [0.25, 0.3) is 0 Å². The summed E-state index contributed by atoms with van der Waals surface area (Å²) in [5.41, 5.74) is 1.42. The average Bonchev–Trinajstić information content (AvgIpc) is 2.90. The Balaban J connectivity index is 1.48. The van der Waals surface area contributed by atoms with E-state index in [9.17, 15) is 5.11 Å². The summed E-state index contributed by atoms with van der Waals surface area (Å²) in [4.78, 5) is 0. The molecule has 3 rings (SSSR count). The molecule has 0 aliphatic heterocycles. The minimum Gasteiger partial charge on any atom is -0.497 e. The molecule has 3 heteroatoms. The highest BCUT2D eigenvalue weighted by Gasteiger charge is 2.35. The SMILES string of the molecule is COc1ccc(C2CC(NC3CCCC3CO)C2)cc1. The van der Waals surface area contributed by atoms with Crippen LogP contribution in [0.5, 0.6) is 5.75 Å². The van der Waals surface area contributed by atoms with Gasteiger partial charge in [0.15, 0.2) is 0 Å². The van der Waals surface area contributed by atoms with E-state index in [0.717, 1.165) is 5.75 Å². The normalized spacial score (nSPS) is 32.9. The van der Waals surface area contributed by atoms with Crippen LogP contribution < -0.4 is 10.1 Å². The molecule has 2 atom stereocenters. The van der Waals surface area contributed by atoms with E-state index in [2.05, 4.69) is 29.6 Å². The number of ether oxygens (including phenoxy) is 1. The van der Waals surface area contributed by atoms with Gasteiger partial charge in [0, 0.05) is 18.7 Å². The zero-order valence-electron chi connectivity index (χ0n) is 12.2. The van der Waals surface area contributed by atoms with Crippen molar-refractivity contribution in [2.24, 2.45) is 5.92 Å². The Bertz CT molecular complexity index is 425. The molecule has 2 aliphatic rings. The molecule has 1 aromatic carbocycles. The fourth-order valence-corrected chi connectivity index (χ4v) is 3.68. The number of hydrogen-bond donors (Lipinski definition) is 2. The quantitative estimate of drug-likeness (QED) is 0.868. The molecule has 0 amide bonds. The van der Waals surface area contributed by atoms with E-state index in [1.165, 1.54) is 37.7 Å². The van der Waals surface area contributed by atoms with Crippen LogP contribution in [0, 0.1) is 5.92 Å². The molecule has 1 aromatic rings. The van der Waals surface area contributed by atoms with Gasteiger partial charge in [0.1, 0.15) is 5.75 Å². The molecule has 2 saturated carbocycles. The van der Waals surface area contributed by atoms with E-state index in [1.54, 1.807) is 7.11 Å². The van der Waals surface area contributed by atoms with E-state index >= 15 is 0 Å². The summed E-state index contributed by atoms with van der Waals surface area (Å²) in [7, 11) is 1.71. The largest absolute Gasteiger partial charge is 0.497 e. The molecule has 0 spiro atoms. The number of benzene rings is 1. The third kappa shape index (κ3) is 2.84. The lowest BCUT2D eigenvalue weighted by Crippen LogP contribution is -2.47. The van der Waals surface area contributed by atoms with Crippen molar-refractivity contribution in [1.29, 1.82) is 0 Å². The molecule has 2 unspecified atom stereocenters. The van der Waals surface area contributed by atoms with E-state index in [4.69, 9.17) is 4.74 Å². The smallest absolute Gasteiger partial charge is 0.118 e. The highest BCUT2D eigenvalue weighted by Crippen LogP contribution is 2.39. The van der Waals surface area contributed by atoms with Gasteiger partial charge >= 0.3 is 0 Å². The van der Waals surface area contributed by atoms with Gasteiger partial charge in [0.25, 0.3) is 0 Å². The summed E-state index contributed by atoms with van der Waals surface area (Å²) >= 11 is 0. The molecule has 0 aromatic heterocycles. The van der Waals surface area contributed by atoms with Crippen molar-refractivity contribution < 1.29 is 9.84 Å². The molecule has 20 heavy (non-hydrogen) atoms. The summed E-state index contributed by atoms with van der Waals surface area (Å²) in [6.45, 7) is 0.340. The van der Waals surface area contributed by atoms with Crippen LogP contribution in [0.4, 0.5) is 0 Å². The van der Waals surface area contributed by atoms with Crippen LogP contribution >= 0.6 is 0 Å². The Morgan fingerprint density at radius 2 is 1.95 bits per heavy atom. The molecule has 2 N–H and O–H groups in total. The predicted octanol–water partition coefficient (Wildman–Crippen LogP) is 2.69. The molecule has 0 bridgehead atoms. The number of methoxy groups -OCH3 is 1. The molecule has 0 heterocycles. The third-order valence-corrected chi connectivity index (χ3v) is 5.07. The molecule has 0 saturated heterocycles. The molecule has 3 nitrogen and oxygen atoms in total. The zero-order valence-corrected chi connectivity index (χ0v) is 12.2. The lowest BCUT2D eigenvalue weighted by molar-refractivity contribution is 0.179. The monoisotopic (exact) mass is 275 g/mol.